The highest BCUT2D eigenvalue weighted by Crippen LogP contribution is 2.28. The maximum Gasteiger partial charge on any atom is 0.261 e. The molecule has 3 rings (SSSR count). The first-order valence-electron chi connectivity index (χ1n) is 8.23. The van der Waals surface area contributed by atoms with E-state index in [1.807, 2.05) is 18.7 Å². The maximum atomic E-state index is 12.5. The molecule has 3 amide bonds. The predicted molar refractivity (Wildman–Crippen MR) is 86.0 cm³/mol. The molecule has 5 heteroatoms. The molecule has 1 aromatic carbocycles. The predicted octanol–water partition coefficient (Wildman–Crippen LogP) is 2.32. The van der Waals surface area contributed by atoms with Crippen LogP contribution in [0.4, 0.5) is 0 Å². The number of imide groups is 1. The molecule has 2 aliphatic rings. The fourth-order valence-corrected chi connectivity index (χ4v) is 3.39. The Bertz CT molecular complexity index is 610. The van der Waals surface area contributed by atoms with Gasteiger partial charge in [-0.15, -0.1) is 0 Å². The fourth-order valence-electron chi connectivity index (χ4n) is 3.39. The minimum absolute atomic E-state index is 0.106. The molecule has 0 spiro atoms. The molecular weight excluding hydrogens is 292 g/mol. The summed E-state index contributed by atoms with van der Waals surface area (Å²) in [4.78, 5) is 40.4. The standard InChI is InChI=1S/C18H22N2O3/c1-12(2)11-16(21)19-9-7-13(8-10-19)20-17(22)14-5-3-4-6-15(14)18(20)23/h3-6,12-13H,7-11H2,1-2H3. The van der Waals surface area contributed by atoms with E-state index in [9.17, 15) is 14.4 Å². The quantitative estimate of drug-likeness (QED) is 0.805. The van der Waals surface area contributed by atoms with Gasteiger partial charge in [0.1, 0.15) is 0 Å². The first-order valence-corrected chi connectivity index (χ1v) is 8.23. The maximum absolute atomic E-state index is 12.5. The first kappa shape index (κ1) is 15.7. The molecule has 0 aliphatic carbocycles. The van der Waals surface area contributed by atoms with E-state index in [2.05, 4.69) is 0 Å². The molecule has 5 nitrogen and oxygen atoms in total. The number of hydrogen-bond donors (Lipinski definition) is 0. The molecule has 1 fully saturated rings. The summed E-state index contributed by atoms with van der Waals surface area (Å²) in [6.07, 6.45) is 1.88. The van der Waals surface area contributed by atoms with E-state index in [4.69, 9.17) is 0 Å². The summed E-state index contributed by atoms with van der Waals surface area (Å²) in [5, 5.41) is 0. The Morgan fingerprint density at radius 2 is 1.61 bits per heavy atom. The Kier molecular flexibility index (Phi) is 4.20. The normalized spacial score (nSPS) is 18.7. The highest BCUT2D eigenvalue weighted by molar-refractivity contribution is 6.21. The summed E-state index contributed by atoms with van der Waals surface area (Å²) in [5.74, 6) is 0.118. The molecule has 0 bridgehead atoms. The lowest BCUT2D eigenvalue weighted by Crippen LogP contribution is -2.48. The molecule has 0 aromatic heterocycles. The van der Waals surface area contributed by atoms with Crippen molar-refractivity contribution in [2.75, 3.05) is 13.1 Å². The average molecular weight is 314 g/mol. The van der Waals surface area contributed by atoms with Crippen LogP contribution in [0.3, 0.4) is 0 Å². The fraction of sp³-hybridized carbons (Fsp3) is 0.500. The third kappa shape index (κ3) is 2.87. The first-order chi connectivity index (χ1) is 11.0. The van der Waals surface area contributed by atoms with Crippen molar-refractivity contribution in [3.8, 4) is 0 Å². The van der Waals surface area contributed by atoms with Gasteiger partial charge in [0.2, 0.25) is 5.91 Å². The van der Waals surface area contributed by atoms with Gasteiger partial charge in [-0.2, -0.15) is 0 Å². The van der Waals surface area contributed by atoms with E-state index >= 15 is 0 Å². The second-order valence-corrected chi connectivity index (χ2v) is 6.74. The van der Waals surface area contributed by atoms with Crippen molar-refractivity contribution in [3.63, 3.8) is 0 Å². The SMILES string of the molecule is CC(C)CC(=O)N1CCC(N2C(=O)c3ccccc3C2=O)CC1. The molecule has 0 unspecified atom stereocenters. The van der Waals surface area contributed by atoms with Crippen LogP contribution in [0.5, 0.6) is 0 Å². The number of nitrogens with zero attached hydrogens (tertiary/aromatic N) is 2. The van der Waals surface area contributed by atoms with Crippen molar-refractivity contribution in [2.24, 2.45) is 5.92 Å². The van der Waals surface area contributed by atoms with Crippen molar-refractivity contribution >= 4 is 17.7 Å². The van der Waals surface area contributed by atoms with Gasteiger partial charge < -0.3 is 4.90 Å². The molecule has 122 valence electrons. The summed E-state index contributed by atoms with van der Waals surface area (Å²) < 4.78 is 0. The molecule has 2 aliphatic heterocycles. The van der Waals surface area contributed by atoms with E-state index in [0.29, 0.717) is 49.4 Å². The van der Waals surface area contributed by atoms with E-state index in [-0.39, 0.29) is 23.8 Å². The Balaban J connectivity index is 1.66. The summed E-state index contributed by atoms with van der Waals surface area (Å²) in [6.45, 7) is 5.29. The van der Waals surface area contributed by atoms with Crippen molar-refractivity contribution in [2.45, 2.75) is 39.2 Å². The molecular formula is C18H22N2O3. The number of hydrogen-bond acceptors (Lipinski definition) is 3. The Morgan fingerprint density at radius 3 is 2.09 bits per heavy atom. The van der Waals surface area contributed by atoms with E-state index in [1.165, 1.54) is 4.90 Å². The molecule has 0 radical (unpaired) electrons. The smallest absolute Gasteiger partial charge is 0.261 e. The van der Waals surface area contributed by atoms with Crippen LogP contribution < -0.4 is 0 Å². The van der Waals surface area contributed by atoms with Gasteiger partial charge in [0.25, 0.3) is 11.8 Å². The van der Waals surface area contributed by atoms with Gasteiger partial charge in [0, 0.05) is 25.6 Å². The number of carbonyl (C=O) groups is 3. The number of fused-ring (bicyclic) bond motifs is 1. The topological polar surface area (TPSA) is 57.7 Å². The number of amides is 3. The van der Waals surface area contributed by atoms with Gasteiger partial charge in [-0.25, -0.2) is 0 Å². The van der Waals surface area contributed by atoms with Crippen LogP contribution in [0.1, 0.15) is 53.8 Å². The summed E-state index contributed by atoms with van der Waals surface area (Å²) in [6, 6.07) is 6.86. The molecule has 1 aromatic rings. The van der Waals surface area contributed by atoms with Crippen LogP contribution in [-0.2, 0) is 4.79 Å². The van der Waals surface area contributed by atoms with Crippen LogP contribution in [-0.4, -0.2) is 46.7 Å². The number of likely N-dealkylation sites (tertiary alicyclic amines) is 1. The van der Waals surface area contributed by atoms with Gasteiger partial charge >= 0.3 is 0 Å². The summed E-state index contributed by atoms with van der Waals surface area (Å²) in [5.41, 5.74) is 0.992. The lowest BCUT2D eigenvalue weighted by atomic mass is 10.0. The number of carbonyl (C=O) groups excluding carboxylic acids is 3. The number of rotatable bonds is 3. The van der Waals surface area contributed by atoms with Gasteiger partial charge in [-0.3, -0.25) is 19.3 Å². The average Bonchev–Trinajstić information content (AvgIpc) is 2.79. The van der Waals surface area contributed by atoms with Gasteiger partial charge in [0.15, 0.2) is 0 Å². The van der Waals surface area contributed by atoms with Crippen LogP contribution in [0.15, 0.2) is 24.3 Å². The Labute approximate surface area is 136 Å². The molecule has 1 saturated heterocycles. The van der Waals surface area contributed by atoms with Crippen molar-refractivity contribution < 1.29 is 14.4 Å². The monoisotopic (exact) mass is 314 g/mol. The van der Waals surface area contributed by atoms with Crippen molar-refractivity contribution in [1.82, 2.24) is 9.80 Å². The molecule has 23 heavy (non-hydrogen) atoms. The Morgan fingerprint density at radius 1 is 1.09 bits per heavy atom. The van der Waals surface area contributed by atoms with Crippen LogP contribution in [0.2, 0.25) is 0 Å². The molecule has 0 saturated carbocycles. The van der Waals surface area contributed by atoms with Crippen molar-refractivity contribution in [1.29, 1.82) is 0 Å². The number of benzene rings is 1. The van der Waals surface area contributed by atoms with E-state index < -0.39 is 0 Å². The minimum Gasteiger partial charge on any atom is -0.343 e. The second-order valence-electron chi connectivity index (χ2n) is 6.74. The number of piperidine rings is 1. The zero-order valence-electron chi connectivity index (χ0n) is 13.6. The third-order valence-electron chi connectivity index (χ3n) is 4.59. The van der Waals surface area contributed by atoms with Crippen LogP contribution in [0.25, 0.3) is 0 Å². The summed E-state index contributed by atoms with van der Waals surface area (Å²) in [7, 11) is 0. The van der Waals surface area contributed by atoms with Crippen LogP contribution >= 0.6 is 0 Å². The highest BCUT2D eigenvalue weighted by Gasteiger charge is 2.40. The zero-order chi connectivity index (χ0) is 16.6. The Hall–Kier alpha value is -2.17. The van der Waals surface area contributed by atoms with Gasteiger partial charge in [-0.05, 0) is 30.9 Å². The zero-order valence-corrected chi connectivity index (χ0v) is 13.6. The van der Waals surface area contributed by atoms with Gasteiger partial charge in [0.05, 0.1) is 11.1 Å². The van der Waals surface area contributed by atoms with E-state index in [1.54, 1.807) is 24.3 Å². The molecule has 0 N–H and O–H groups in total. The largest absolute Gasteiger partial charge is 0.343 e. The van der Waals surface area contributed by atoms with Crippen molar-refractivity contribution in [3.05, 3.63) is 35.4 Å². The lowest BCUT2D eigenvalue weighted by molar-refractivity contribution is -0.133. The highest BCUT2D eigenvalue weighted by atomic mass is 16.2. The lowest BCUT2D eigenvalue weighted by Gasteiger charge is -2.36. The van der Waals surface area contributed by atoms with Gasteiger partial charge in [-0.1, -0.05) is 26.0 Å². The molecule has 2 heterocycles. The van der Waals surface area contributed by atoms with E-state index in [0.717, 1.165) is 0 Å². The molecule has 0 atom stereocenters. The summed E-state index contributed by atoms with van der Waals surface area (Å²) >= 11 is 0. The van der Waals surface area contributed by atoms with Crippen LogP contribution in [0, 0.1) is 5.92 Å². The minimum atomic E-state index is -0.197. The third-order valence-corrected chi connectivity index (χ3v) is 4.59. The second kappa shape index (κ2) is 6.14.